The molecule has 1 rings (SSSR count). The SMILES string of the molecule is FC(F)(F)C1(F)CCCC1Br. The van der Waals surface area contributed by atoms with Gasteiger partial charge in [0.25, 0.3) is 0 Å². The topological polar surface area (TPSA) is 0 Å². The van der Waals surface area contributed by atoms with E-state index in [0.29, 0.717) is 6.42 Å². The van der Waals surface area contributed by atoms with E-state index in [1.54, 1.807) is 0 Å². The van der Waals surface area contributed by atoms with Crippen LogP contribution in [0.4, 0.5) is 17.6 Å². The molecule has 0 heterocycles. The smallest absolute Gasteiger partial charge is 0.233 e. The number of rotatable bonds is 0. The van der Waals surface area contributed by atoms with Crippen LogP contribution in [0.25, 0.3) is 0 Å². The van der Waals surface area contributed by atoms with Gasteiger partial charge in [0.1, 0.15) is 0 Å². The molecule has 1 aliphatic carbocycles. The van der Waals surface area contributed by atoms with E-state index in [-0.39, 0.29) is 6.42 Å². The second-order valence-electron chi connectivity index (χ2n) is 2.72. The fourth-order valence-corrected chi connectivity index (χ4v) is 2.06. The fraction of sp³-hybridized carbons (Fsp3) is 1.00. The van der Waals surface area contributed by atoms with Gasteiger partial charge in [-0.25, -0.2) is 4.39 Å². The molecule has 66 valence electrons. The number of alkyl halides is 5. The Bertz CT molecular complexity index is 155. The van der Waals surface area contributed by atoms with Crippen LogP contribution in [0.5, 0.6) is 0 Å². The van der Waals surface area contributed by atoms with Crippen LogP contribution in [-0.4, -0.2) is 16.7 Å². The average Bonchev–Trinajstić information content (AvgIpc) is 2.12. The van der Waals surface area contributed by atoms with E-state index < -0.39 is 23.1 Å². The second kappa shape index (κ2) is 2.61. The molecule has 11 heavy (non-hydrogen) atoms. The zero-order valence-electron chi connectivity index (χ0n) is 5.59. The average molecular weight is 235 g/mol. The Labute approximate surface area is 70.1 Å². The first-order valence-corrected chi connectivity index (χ1v) is 4.19. The number of hydrogen-bond donors (Lipinski definition) is 0. The molecule has 0 aliphatic heterocycles. The van der Waals surface area contributed by atoms with Gasteiger partial charge in [-0.2, -0.15) is 13.2 Å². The predicted molar refractivity (Wildman–Crippen MR) is 36.5 cm³/mol. The maximum Gasteiger partial charge on any atom is 0.423 e. The first-order chi connectivity index (χ1) is 4.88. The van der Waals surface area contributed by atoms with E-state index in [2.05, 4.69) is 15.9 Å². The maximum absolute atomic E-state index is 13.0. The van der Waals surface area contributed by atoms with Crippen LogP contribution >= 0.6 is 15.9 Å². The van der Waals surface area contributed by atoms with Gasteiger partial charge in [-0.15, -0.1) is 0 Å². The van der Waals surface area contributed by atoms with Gasteiger partial charge in [-0.1, -0.05) is 15.9 Å². The molecule has 1 fully saturated rings. The Morgan fingerprint density at radius 3 is 2.09 bits per heavy atom. The summed E-state index contributed by atoms with van der Waals surface area (Å²) in [5.74, 6) is 0. The summed E-state index contributed by atoms with van der Waals surface area (Å²) in [5.41, 5.74) is -2.99. The van der Waals surface area contributed by atoms with Crippen LogP contribution in [0.1, 0.15) is 19.3 Å². The zero-order valence-corrected chi connectivity index (χ0v) is 7.17. The lowest BCUT2D eigenvalue weighted by Crippen LogP contribution is -2.44. The van der Waals surface area contributed by atoms with Crippen molar-refractivity contribution in [1.29, 1.82) is 0 Å². The molecular formula is C6H7BrF4. The van der Waals surface area contributed by atoms with E-state index in [4.69, 9.17) is 0 Å². The minimum Gasteiger partial charge on any atom is -0.233 e. The van der Waals surface area contributed by atoms with E-state index in [1.807, 2.05) is 0 Å². The Balaban J connectivity index is 2.81. The van der Waals surface area contributed by atoms with Crippen LogP contribution in [0.3, 0.4) is 0 Å². The minimum atomic E-state index is -4.72. The summed E-state index contributed by atoms with van der Waals surface area (Å²) in [6, 6.07) is 0. The maximum atomic E-state index is 13.0. The lowest BCUT2D eigenvalue weighted by atomic mass is 10.0. The highest BCUT2D eigenvalue weighted by Gasteiger charge is 2.61. The number of halogens is 5. The van der Waals surface area contributed by atoms with Crippen LogP contribution in [0.15, 0.2) is 0 Å². The van der Waals surface area contributed by atoms with Crippen molar-refractivity contribution < 1.29 is 17.6 Å². The minimum absolute atomic E-state index is 0.260. The normalized spacial score (nSPS) is 39.5. The molecule has 0 aromatic heterocycles. The van der Waals surface area contributed by atoms with Crippen molar-refractivity contribution in [2.24, 2.45) is 0 Å². The van der Waals surface area contributed by atoms with Gasteiger partial charge in [0.2, 0.25) is 5.67 Å². The van der Waals surface area contributed by atoms with E-state index in [0.717, 1.165) is 0 Å². The van der Waals surface area contributed by atoms with E-state index in [9.17, 15) is 17.6 Å². The summed E-state index contributed by atoms with van der Waals surface area (Å²) in [6.45, 7) is 0. The molecule has 0 amide bonds. The Kier molecular flexibility index (Phi) is 2.20. The molecule has 2 atom stereocenters. The van der Waals surface area contributed by atoms with Gasteiger partial charge in [-0.3, -0.25) is 0 Å². The molecule has 0 spiro atoms. The first kappa shape index (κ1) is 9.29. The summed E-state index contributed by atoms with van der Waals surface area (Å²) in [5, 5.41) is 0. The summed E-state index contributed by atoms with van der Waals surface area (Å²) in [7, 11) is 0. The third-order valence-corrected chi connectivity index (χ3v) is 3.15. The molecule has 0 bridgehead atoms. The van der Waals surface area contributed by atoms with E-state index >= 15 is 0 Å². The van der Waals surface area contributed by atoms with Gasteiger partial charge in [0, 0.05) is 0 Å². The highest BCUT2D eigenvalue weighted by atomic mass is 79.9. The Morgan fingerprint density at radius 2 is 1.91 bits per heavy atom. The molecule has 1 aliphatic rings. The molecule has 0 aromatic carbocycles. The third-order valence-electron chi connectivity index (χ3n) is 1.97. The van der Waals surface area contributed by atoms with Crippen molar-refractivity contribution in [2.45, 2.75) is 35.9 Å². The Morgan fingerprint density at radius 1 is 1.36 bits per heavy atom. The quantitative estimate of drug-likeness (QED) is 0.446. The van der Waals surface area contributed by atoms with Crippen molar-refractivity contribution in [3.63, 3.8) is 0 Å². The zero-order chi connectivity index (χ0) is 8.70. The third kappa shape index (κ3) is 1.39. The van der Waals surface area contributed by atoms with Crippen LogP contribution < -0.4 is 0 Å². The monoisotopic (exact) mass is 234 g/mol. The van der Waals surface area contributed by atoms with Gasteiger partial charge in [0.05, 0.1) is 4.83 Å². The predicted octanol–water partition coefficient (Wildman–Crippen LogP) is 3.20. The van der Waals surface area contributed by atoms with Crippen molar-refractivity contribution in [1.82, 2.24) is 0 Å². The van der Waals surface area contributed by atoms with Crippen molar-refractivity contribution in [2.75, 3.05) is 0 Å². The van der Waals surface area contributed by atoms with Crippen molar-refractivity contribution >= 4 is 15.9 Å². The van der Waals surface area contributed by atoms with Crippen LogP contribution in [0, 0.1) is 0 Å². The van der Waals surface area contributed by atoms with Crippen LogP contribution in [-0.2, 0) is 0 Å². The van der Waals surface area contributed by atoms with Gasteiger partial charge in [-0.05, 0) is 19.3 Å². The highest BCUT2D eigenvalue weighted by molar-refractivity contribution is 9.09. The molecule has 0 nitrogen and oxygen atoms in total. The molecule has 5 heteroatoms. The summed E-state index contributed by atoms with van der Waals surface area (Å²) in [4.78, 5) is -1.06. The highest BCUT2D eigenvalue weighted by Crippen LogP contribution is 2.49. The standard InChI is InChI=1S/C6H7BrF4/c7-4-2-1-3-5(4,8)6(9,10)11/h4H,1-3H2. The molecule has 1 saturated carbocycles. The van der Waals surface area contributed by atoms with E-state index in [1.165, 1.54) is 0 Å². The molecule has 0 N–H and O–H groups in total. The largest absolute Gasteiger partial charge is 0.423 e. The van der Waals surface area contributed by atoms with Gasteiger partial charge in [0.15, 0.2) is 0 Å². The first-order valence-electron chi connectivity index (χ1n) is 3.27. The van der Waals surface area contributed by atoms with Crippen molar-refractivity contribution in [3.8, 4) is 0 Å². The summed E-state index contributed by atoms with van der Waals surface area (Å²) < 4.78 is 49.0. The van der Waals surface area contributed by atoms with Crippen molar-refractivity contribution in [3.05, 3.63) is 0 Å². The summed E-state index contributed by atoms with van der Waals surface area (Å²) >= 11 is 2.70. The number of hydrogen-bond acceptors (Lipinski definition) is 0. The molecule has 0 radical (unpaired) electrons. The van der Waals surface area contributed by atoms with Gasteiger partial charge >= 0.3 is 6.18 Å². The lowest BCUT2D eigenvalue weighted by molar-refractivity contribution is -0.224. The molecule has 2 unspecified atom stereocenters. The lowest BCUT2D eigenvalue weighted by Gasteiger charge is -2.25. The van der Waals surface area contributed by atoms with Crippen LogP contribution in [0.2, 0.25) is 0 Å². The fourth-order valence-electron chi connectivity index (χ4n) is 1.24. The second-order valence-corrected chi connectivity index (χ2v) is 3.83. The molecular weight excluding hydrogens is 228 g/mol. The molecule has 0 aromatic rings. The Hall–Kier alpha value is 0.200. The summed E-state index contributed by atoms with van der Waals surface area (Å²) in [6.07, 6.45) is -4.58. The van der Waals surface area contributed by atoms with Gasteiger partial charge < -0.3 is 0 Å². The molecule has 0 saturated heterocycles.